The molecule has 0 aliphatic rings. The van der Waals surface area contributed by atoms with Gasteiger partial charge < -0.3 is 4.42 Å². The van der Waals surface area contributed by atoms with Gasteiger partial charge in [-0.1, -0.05) is 63.9 Å². The third kappa shape index (κ3) is 2.06. The predicted molar refractivity (Wildman–Crippen MR) is 91.9 cm³/mol. The van der Waals surface area contributed by atoms with Gasteiger partial charge in [0.1, 0.15) is 11.2 Å². The third-order valence-electron chi connectivity index (χ3n) is 3.63. The highest BCUT2D eigenvalue weighted by molar-refractivity contribution is 9.10. The Hall–Kier alpha value is -1.77. The van der Waals surface area contributed by atoms with Crippen LogP contribution in [-0.4, -0.2) is 0 Å². The van der Waals surface area contributed by atoms with Crippen LogP contribution in [0.2, 0.25) is 5.02 Å². The first-order chi connectivity index (χ1) is 10.2. The summed E-state index contributed by atoms with van der Waals surface area (Å²) in [6, 6.07) is 20.0. The molecule has 4 aromatic rings. The Morgan fingerprint density at radius 3 is 2.43 bits per heavy atom. The number of hydrogen-bond donors (Lipinski definition) is 0. The molecular weight excluding hydrogens is 348 g/mol. The SMILES string of the molecule is Clc1ccc(-c2cccc3c2oc2cccc(Br)c23)cc1. The van der Waals surface area contributed by atoms with Crippen LogP contribution in [0.3, 0.4) is 0 Å². The summed E-state index contributed by atoms with van der Waals surface area (Å²) in [5, 5.41) is 2.96. The lowest BCUT2D eigenvalue weighted by molar-refractivity contribution is 0.670. The van der Waals surface area contributed by atoms with Gasteiger partial charge in [0.15, 0.2) is 0 Å². The highest BCUT2D eigenvalue weighted by Gasteiger charge is 2.13. The van der Waals surface area contributed by atoms with E-state index in [0.29, 0.717) is 0 Å². The number of fused-ring (bicyclic) bond motifs is 3. The first-order valence-electron chi connectivity index (χ1n) is 6.60. The fraction of sp³-hybridized carbons (Fsp3) is 0. The summed E-state index contributed by atoms with van der Waals surface area (Å²) < 4.78 is 7.13. The van der Waals surface area contributed by atoms with Crippen molar-refractivity contribution in [2.45, 2.75) is 0 Å². The highest BCUT2D eigenvalue weighted by atomic mass is 79.9. The molecule has 0 amide bonds. The molecule has 0 spiro atoms. The van der Waals surface area contributed by atoms with Crippen LogP contribution in [0, 0.1) is 0 Å². The van der Waals surface area contributed by atoms with E-state index < -0.39 is 0 Å². The summed E-state index contributed by atoms with van der Waals surface area (Å²) in [5.74, 6) is 0. The van der Waals surface area contributed by atoms with E-state index in [0.717, 1.165) is 42.6 Å². The highest BCUT2D eigenvalue weighted by Crippen LogP contribution is 2.38. The van der Waals surface area contributed by atoms with Gasteiger partial charge in [-0.25, -0.2) is 0 Å². The van der Waals surface area contributed by atoms with E-state index in [2.05, 4.69) is 34.1 Å². The largest absolute Gasteiger partial charge is 0.455 e. The fourth-order valence-corrected chi connectivity index (χ4v) is 3.35. The number of hydrogen-bond acceptors (Lipinski definition) is 1. The van der Waals surface area contributed by atoms with E-state index in [1.54, 1.807) is 0 Å². The number of rotatable bonds is 1. The van der Waals surface area contributed by atoms with Crippen LogP contribution in [0.1, 0.15) is 0 Å². The average molecular weight is 358 g/mol. The zero-order valence-electron chi connectivity index (χ0n) is 10.9. The lowest BCUT2D eigenvalue weighted by Gasteiger charge is -2.02. The van der Waals surface area contributed by atoms with E-state index in [1.165, 1.54) is 0 Å². The van der Waals surface area contributed by atoms with E-state index in [4.69, 9.17) is 16.0 Å². The Bertz CT molecular complexity index is 954. The molecule has 1 heterocycles. The van der Waals surface area contributed by atoms with Gasteiger partial charge in [-0.3, -0.25) is 0 Å². The molecule has 0 unspecified atom stereocenters. The molecule has 0 saturated heterocycles. The predicted octanol–water partition coefficient (Wildman–Crippen LogP) is 6.67. The second-order valence-electron chi connectivity index (χ2n) is 4.90. The van der Waals surface area contributed by atoms with Crippen LogP contribution in [-0.2, 0) is 0 Å². The maximum Gasteiger partial charge on any atom is 0.143 e. The van der Waals surface area contributed by atoms with E-state index >= 15 is 0 Å². The molecule has 21 heavy (non-hydrogen) atoms. The second kappa shape index (κ2) is 4.90. The van der Waals surface area contributed by atoms with Crippen LogP contribution in [0.4, 0.5) is 0 Å². The minimum atomic E-state index is 0.735. The monoisotopic (exact) mass is 356 g/mol. The van der Waals surface area contributed by atoms with Gasteiger partial charge in [-0.15, -0.1) is 0 Å². The molecule has 102 valence electrons. The maximum atomic E-state index is 6.09. The molecule has 0 bridgehead atoms. The summed E-state index contributed by atoms with van der Waals surface area (Å²) in [5.41, 5.74) is 3.97. The van der Waals surface area contributed by atoms with Crippen molar-refractivity contribution in [3.05, 3.63) is 70.2 Å². The van der Waals surface area contributed by atoms with E-state index in [9.17, 15) is 0 Å². The standard InChI is InChI=1S/C18H10BrClO/c19-15-5-2-6-16-17(15)14-4-1-3-13(18(14)21-16)11-7-9-12(20)10-8-11/h1-10H. The molecule has 0 aliphatic carbocycles. The minimum absolute atomic E-state index is 0.735. The van der Waals surface area contributed by atoms with Crippen LogP contribution >= 0.6 is 27.5 Å². The van der Waals surface area contributed by atoms with Crippen LogP contribution in [0.15, 0.2) is 69.6 Å². The minimum Gasteiger partial charge on any atom is -0.455 e. The Kier molecular flexibility index (Phi) is 3.02. The molecule has 3 aromatic carbocycles. The van der Waals surface area contributed by atoms with E-state index in [-0.39, 0.29) is 0 Å². The molecule has 1 nitrogen and oxygen atoms in total. The van der Waals surface area contributed by atoms with Gasteiger partial charge in [0, 0.05) is 25.8 Å². The zero-order chi connectivity index (χ0) is 14.4. The molecule has 3 heteroatoms. The van der Waals surface area contributed by atoms with Gasteiger partial charge in [0.25, 0.3) is 0 Å². The molecule has 0 aliphatic heterocycles. The summed E-state index contributed by atoms with van der Waals surface area (Å²) >= 11 is 9.58. The van der Waals surface area contributed by atoms with Gasteiger partial charge in [0.05, 0.1) is 0 Å². The quantitative estimate of drug-likeness (QED) is 0.371. The fourth-order valence-electron chi connectivity index (χ4n) is 2.66. The molecule has 0 fully saturated rings. The van der Waals surface area contributed by atoms with Gasteiger partial charge in [-0.2, -0.15) is 0 Å². The molecule has 4 rings (SSSR count). The first kappa shape index (κ1) is 12.9. The Balaban J connectivity index is 2.09. The van der Waals surface area contributed by atoms with Crippen molar-refractivity contribution in [3.8, 4) is 11.1 Å². The van der Waals surface area contributed by atoms with Crippen molar-refractivity contribution in [1.82, 2.24) is 0 Å². The Morgan fingerprint density at radius 2 is 1.62 bits per heavy atom. The van der Waals surface area contributed by atoms with Crippen LogP contribution in [0.5, 0.6) is 0 Å². The normalized spacial score (nSPS) is 11.3. The second-order valence-corrected chi connectivity index (χ2v) is 6.19. The Morgan fingerprint density at radius 1 is 0.857 bits per heavy atom. The molecule has 0 radical (unpaired) electrons. The maximum absolute atomic E-state index is 6.09. The van der Waals surface area contributed by atoms with Crippen molar-refractivity contribution in [1.29, 1.82) is 0 Å². The van der Waals surface area contributed by atoms with Crippen molar-refractivity contribution >= 4 is 49.5 Å². The lowest BCUT2D eigenvalue weighted by atomic mass is 10.0. The van der Waals surface area contributed by atoms with Crippen molar-refractivity contribution < 1.29 is 4.42 Å². The van der Waals surface area contributed by atoms with Crippen molar-refractivity contribution in [3.63, 3.8) is 0 Å². The first-order valence-corrected chi connectivity index (χ1v) is 7.77. The molecule has 0 N–H and O–H groups in total. The summed E-state index contributed by atoms with van der Waals surface area (Å²) in [4.78, 5) is 0. The zero-order valence-corrected chi connectivity index (χ0v) is 13.3. The van der Waals surface area contributed by atoms with Crippen molar-refractivity contribution in [2.24, 2.45) is 0 Å². The average Bonchev–Trinajstić information content (AvgIpc) is 2.88. The molecule has 0 saturated carbocycles. The van der Waals surface area contributed by atoms with Crippen molar-refractivity contribution in [2.75, 3.05) is 0 Å². The Labute approximate surface area is 135 Å². The summed E-state index contributed by atoms with van der Waals surface area (Å²) in [6.45, 7) is 0. The van der Waals surface area contributed by atoms with Crippen LogP contribution < -0.4 is 0 Å². The summed E-state index contributed by atoms with van der Waals surface area (Å²) in [6.07, 6.45) is 0. The van der Waals surface area contributed by atoms with E-state index in [1.807, 2.05) is 42.5 Å². The topological polar surface area (TPSA) is 13.1 Å². The summed E-state index contributed by atoms with van der Waals surface area (Å²) in [7, 11) is 0. The smallest absolute Gasteiger partial charge is 0.143 e. The third-order valence-corrected chi connectivity index (χ3v) is 4.54. The van der Waals surface area contributed by atoms with Gasteiger partial charge in [0.2, 0.25) is 0 Å². The molecular formula is C18H10BrClO. The lowest BCUT2D eigenvalue weighted by Crippen LogP contribution is -1.78. The number of para-hydroxylation sites is 1. The molecule has 1 aromatic heterocycles. The number of halogens is 2. The van der Waals surface area contributed by atoms with Gasteiger partial charge >= 0.3 is 0 Å². The number of benzene rings is 3. The number of furan rings is 1. The molecule has 0 atom stereocenters. The van der Waals surface area contributed by atoms with Crippen LogP contribution in [0.25, 0.3) is 33.1 Å². The van der Waals surface area contributed by atoms with Gasteiger partial charge in [-0.05, 0) is 29.8 Å².